The molecule has 0 heterocycles. The first-order valence-corrected chi connectivity index (χ1v) is 11.2. The van der Waals surface area contributed by atoms with Crippen LogP contribution in [0.1, 0.15) is 53.4 Å². The topological polar surface area (TPSA) is 55.5 Å². The van der Waals surface area contributed by atoms with E-state index < -0.39 is 18.2 Å². The van der Waals surface area contributed by atoms with Crippen LogP contribution in [0.3, 0.4) is 0 Å². The molecular weight excluding hydrogens is 248 g/mol. The molecule has 0 fully saturated rings. The molecule has 17 heavy (non-hydrogen) atoms. The fourth-order valence-electron chi connectivity index (χ4n) is 1.30. The summed E-state index contributed by atoms with van der Waals surface area (Å²) in [6, 6.07) is 0. The van der Waals surface area contributed by atoms with Crippen LogP contribution >= 0.6 is 0 Å². The van der Waals surface area contributed by atoms with E-state index in [4.69, 9.17) is 5.14 Å². The molecule has 104 valence electrons. The van der Waals surface area contributed by atoms with E-state index in [0.717, 1.165) is 12.8 Å². The fourth-order valence-corrected chi connectivity index (χ4v) is 6.47. The van der Waals surface area contributed by atoms with Crippen molar-refractivity contribution in [2.24, 2.45) is 9.17 Å². The number of unbranched alkanes of at least 4 members (excludes halogenated alkanes) is 3. The summed E-state index contributed by atoms with van der Waals surface area (Å²) in [5.74, 6) is 0.555. The normalized spacial score (nSPS) is 16.6. The molecule has 0 aliphatic carbocycles. The predicted molar refractivity (Wildman–Crippen MR) is 81.0 cm³/mol. The Morgan fingerprint density at radius 1 is 1.18 bits per heavy atom. The largest absolute Gasteiger partial charge is 0.265 e. The highest BCUT2D eigenvalue weighted by atomic mass is 32.2. The molecule has 0 rings (SSSR count). The minimum atomic E-state index is -2.47. The maximum atomic E-state index is 12.3. The van der Waals surface area contributed by atoms with Crippen LogP contribution in [0.15, 0.2) is 4.03 Å². The van der Waals surface area contributed by atoms with Gasteiger partial charge in [0, 0.05) is 5.75 Å². The van der Waals surface area contributed by atoms with Crippen LogP contribution in [0.5, 0.6) is 0 Å². The molecule has 2 N–H and O–H groups in total. The molecule has 0 aromatic carbocycles. The molecule has 0 aromatic heterocycles. The molecule has 0 amide bonds. The van der Waals surface area contributed by atoms with Crippen molar-refractivity contribution in [3.63, 3.8) is 0 Å². The standard InChI is InChI=1S/C12H30N2OSSi/c1-7-8-9-10-11-16(13,15)14-17(5,6)12(2,3)4/h7-11H2,1-6H3,(H2,13,14,15). The summed E-state index contributed by atoms with van der Waals surface area (Å²) < 4.78 is 16.8. The highest BCUT2D eigenvalue weighted by Gasteiger charge is 2.36. The second-order valence-electron chi connectivity index (χ2n) is 6.35. The fraction of sp³-hybridized carbons (Fsp3) is 1.00. The third kappa shape index (κ3) is 6.57. The first-order valence-electron chi connectivity index (χ1n) is 6.55. The third-order valence-electron chi connectivity index (χ3n) is 3.51. The second-order valence-corrected chi connectivity index (χ2v) is 13.5. The van der Waals surface area contributed by atoms with Crippen LogP contribution in [0, 0.1) is 0 Å². The molecule has 0 bridgehead atoms. The SMILES string of the molecule is CCCCCCS(N)(=O)=N[Si](C)(C)C(C)(C)C. The van der Waals surface area contributed by atoms with Gasteiger partial charge in [0.2, 0.25) is 0 Å². The van der Waals surface area contributed by atoms with Gasteiger partial charge in [-0.15, -0.1) is 0 Å². The minimum absolute atomic E-state index is 0.110. The molecule has 0 saturated carbocycles. The zero-order valence-corrected chi connectivity index (χ0v) is 14.2. The van der Waals surface area contributed by atoms with Crippen LogP contribution in [0.2, 0.25) is 18.1 Å². The maximum Gasteiger partial charge on any atom is 0.194 e. The monoisotopic (exact) mass is 278 g/mol. The average Bonchev–Trinajstić information content (AvgIpc) is 2.09. The lowest BCUT2D eigenvalue weighted by atomic mass is 10.2. The highest BCUT2D eigenvalue weighted by molar-refractivity contribution is 7.92. The Bertz CT molecular complexity index is 339. The second kappa shape index (κ2) is 6.34. The summed E-state index contributed by atoms with van der Waals surface area (Å²) in [6.07, 6.45) is 4.42. The molecule has 0 radical (unpaired) electrons. The molecule has 1 atom stereocenters. The zero-order chi connectivity index (χ0) is 13.7. The van der Waals surface area contributed by atoms with Gasteiger partial charge in [-0.1, -0.05) is 47.0 Å². The number of rotatable bonds is 6. The molecule has 1 unspecified atom stereocenters. The van der Waals surface area contributed by atoms with Crippen molar-refractivity contribution in [1.29, 1.82) is 0 Å². The van der Waals surface area contributed by atoms with Crippen molar-refractivity contribution in [1.82, 2.24) is 0 Å². The summed E-state index contributed by atoms with van der Waals surface area (Å²) in [5.41, 5.74) is 0. The van der Waals surface area contributed by atoms with Gasteiger partial charge in [-0.25, -0.2) is 9.35 Å². The van der Waals surface area contributed by atoms with Gasteiger partial charge in [0.15, 0.2) is 8.24 Å². The van der Waals surface area contributed by atoms with Crippen LogP contribution < -0.4 is 5.14 Å². The summed E-state index contributed by atoms with van der Waals surface area (Å²) in [7, 11) is -4.35. The molecule has 0 aromatic rings. The Morgan fingerprint density at radius 3 is 2.12 bits per heavy atom. The van der Waals surface area contributed by atoms with E-state index in [0.29, 0.717) is 5.75 Å². The van der Waals surface area contributed by atoms with Crippen molar-refractivity contribution in [2.45, 2.75) is 71.5 Å². The summed E-state index contributed by atoms with van der Waals surface area (Å²) in [5, 5.41) is 5.99. The minimum Gasteiger partial charge on any atom is -0.265 e. The van der Waals surface area contributed by atoms with Gasteiger partial charge >= 0.3 is 0 Å². The van der Waals surface area contributed by atoms with Gasteiger partial charge in [0.25, 0.3) is 0 Å². The quantitative estimate of drug-likeness (QED) is 0.581. The number of nitrogens with zero attached hydrogens (tertiary/aromatic N) is 1. The van der Waals surface area contributed by atoms with Crippen molar-refractivity contribution in [3.8, 4) is 0 Å². The van der Waals surface area contributed by atoms with Gasteiger partial charge in [0.05, 0.1) is 9.92 Å². The molecule has 0 saturated heterocycles. The number of hydrogen-bond donors (Lipinski definition) is 1. The van der Waals surface area contributed by atoms with Gasteiger partial charge in [0.1, 0.15) is 0 Å². The predicted octanol–water partition coefficient (Wildman–Crippen LogP) is 3.91. The molecule has 0 aliphatic heterocycles. The van der Waals surface area contributed by atoms with Crippen molar-refractivity contribution in [3.05, 3.63) is 0 Å². The summed E-state index contributed by atoms with van der Waals surface area (Å²) in [6.45, 7) is 12.9. The molecule has 5 heteroatoms. The molecule has 0 aliphatic rings. The average molecular weight is 279 g/mol. The number of nitrogens with two attached hydrogens (primary N) is 1. The van der Waals surface area contributed by atoms with Crippen LogP contribution in [0.25, 0.3) is 0 Å². The Labute approximate surface area is 109 Å². The van der Waals surface area contributed by atoms with E-state index in [1.807, 2.05) is 0 Å². The van der Waals surface area contributed by atoms with E-state index in [1.54, 1.807) is 0 Å². The van der Waals surface area contributed by atoms with E-state index in [2.05, 4.69) is 44.8 Å². The van der Waals surface area contributed by atoms with E-state index >= 15 is 0 Å². The highest BCUT2D eigenvalue weighted by Crippen LogP contribution is 2.37. The lowest BCUT2D eigenvalue weighted by molar-refractivity contribution is 0.662. The van der Waals surface area contributed by atoms with Gasteiger partial charge in [-0.3, -0.25) is 4.03 Å². The lowest BCUT2D eigenvalue weighted by Gasteiger charge is -2.32. The van der Waals surface area contributed by atoms with E-state index in [-0.39, 0.29) is 5.04 Å². The molecule has 3 nitrogen and oxygen atoms in total. The summed E-state index contributed by atoms with van der Waals surface area (Å²) >= 11 is 0. The van der Waals surface area contributed by atoms with E-state index in [1.165, 1.54) is 12.8 Å². The van der Waals surface area contributed by atoms with Crippen molar-refractivity contribution >= 4 is 18.2 Å². The van der Waals surface area contributed by atoms with Crippen LogP contribution in [0.4, 0.5) is 0 Å². The van der Waals surface area contributed by atoms with Crippen LogP contribution in [-0.2, 0) is 9.92 Å². The smallest absolute Gasteiger partial charge is 0.194 e. The molecule has 0 spiro atoms. The maximum absolute atomic E-state index is 12.3. The molecular formula is C12H30N2OSSi. The Balaban J connectivity index is 4.64. The van der Waals surface area contributed by atoms with Gasteiger partial charge in [-0.05, 0) is 24.6 Å². The lowest BCUT2D eigenvalue weighted by Crippen LogP contribution is -2.38. The zero-order valence-electron chi connectivity index (χ0n) is 12.4. The first kappa shape index (κ1) is 17.1. The Kier molecular flexibility index (Phi) is 6.39. The number of hydrogen-bond acceptors (Lipinski definition) is 2. The third-order valence-corrected chi connectivity index (χ3v) is 11.1. The Morgan fingerprint density at radius 2 is 1.71 bits per heavy atom. The first-order chi connectivity index (χ1) is 7.52. The van der Waals surface area contributed by atoms with Crippen molar-refractivity contribution in [2.75, 3.05) is 5.75 Å². The van der Waals surface area contributed by atoms with Crippen molar-refractivity contribution < 1.29 is 4.21 Å². The van der Waals surface area contributed by atoms with E-state index in [9.17, 15) is 4.21 Å². The van der Waals surface area contributed by atoms with Crippen LogP contribution in [-0.4, -0.2) is 18.2 Å². The van der Waals surface area contributed by atoms with Gasteiger partial charge in [-0.2, -0.15) is 0 Å². The van der Waals surface area contributed by atoms with Gasteiger partial charge < -0.3 is 0 Å². The summed E-state index contributed by atoms with van der Waals surface area (Å²) in [4.78, 5) is 0. The Hall–Kier alpha value is 0.127.